The zero-order valence-electron chi connectivity index (χ0n) is 17.8. The SMILES string of the molecule is CN1CCN(C2=Nc3ccccc3Oc3sc4ccc(C(=CC(=O)O)C(=O)O)cc4c32)CC1. The Morgan fingerprint density at radius 2 is 1.85 bits per heavy atom. The van der Waals surface area contributed by atoms with E-state index in [2.05, 4.69) is 16.8 Å². The normalized spacial score (nSPS) is 16.5. The van der Waals surface area contributed by atoms with Crippen LogP contribution in [0.1, 0.15) is 11.1 Å². The second-order valence-electron chi connectivity index (χ2n) is 7.97. The molecule has 8 nitrogen and oxygen atoms in total. The van der Waals surface area contributed by atoms with E-state index in [0.717, 1.165) is 59.4 Å². The van der Waals surface area contributed by atoms with Gasteiger partial charge in [-0.15, -0.1) is 0 Å². The molecule has 2 aliphatic rings. The maximum absolute atomic E-state index is 11.8. The Bertz CT molecular complexity index is 1340. The molecule has 1 saturated heterocycles. The minimum Gasteiger partial charge on any atom is -0.478 e. The fraction of sp³-hybridized carbons (Fsp3) is 0.208. The van der Waals surface area contributed by atoms with E-state index in [4.69, 9.17) is 14.8 Å². The number of benzene rings is 2. The quantitative estimate of drug-likeness (QED) is 0.568. The van der Waals surface area contributed by atoms with Gasteiger partial charge in [0.1, 0.15) is 11.5 Å². The van der Waals surface area contributed by atoms with Crippen LogP contribution in [-0.2, 0) is 9.59 Å². The number of amidine groups is 1. The number of rotatable bonds is 3. The first-order chi connectivity index (χ1) is 15.9. The van der Waals surface area contributed by atoms with Crippen molar-refractivity contribution in [1.29, 1.82) is 0 Å². The summed E-state index contributed by atoms with van der Waals surface area (Å²) in [6.07, 6.45) is 0.719. The van der Waals surface area contributed by atoms with Crippen molar-refractivity contribution in [2.24, 2.45) is 4.99 Å². The van der Waals surface area contributed by atoms with E-state index in [-0.39, 0.29) is 5.57 Å². The maximum Gasteiger partial charge on any atom is 0.336 e. The van der Waals surface area contributed by atoms with Gasteiger partial charge in [0, 0.05) is 42.3 Å². The van der Waals surface area contributed by atoms with Crippen molar-refractivity contribution in [1.82, 2.24) is 9.80 Å². The third-order valence-electron chi connectivity index (χ3n) is 5.79. The molecule has 0 atom stereocenters. The Labute approximate surface area is 193 Å². The second-order valence-corrected chi connectivity index (χ2v) is 8.99. The minimum absolute atomic E-state index is 0.278. The summed E-state index contributed by atoms with van der Waals surface area (Å²) in [6.45, 7) is 3.39. The number of aliphatic carboxylic acids is 2. The van der Waals surface area contributed by atoms with Gasteiger partial charge < -0.3 is 24.7 Å². The number of hydrogen-bond acceptors (Lipinski definition) is 7. The van der Waals surface area contributed by atoms with Gasteiger partial charge in [-0.3, -0.25) is 0 Å². The number of hydrogen-bond donors (Lipinski definition) is 2. The molecule has 0 unspecified atom stereocenters. The molecule has 3 heterocycles. The molecule has 0 aliphatic carbocycles. The van der Waals surface area contributed by atoms with Crippen molar-refractivity contribution < 1.29 is 24.5 Å². The monoisotopic (exact) mass is 463 g/mol. The Hall–Kier alpha value is -3.69. The molecule has 2 aliphatic heterocycles. The molecule has 168 valence electrons. The van der Waals surface area contributed by atoms with E-state index in [0.29, 0.717) is 16.4 Å². The topological polar surface area (TPSA) is 103 Å². The van der Waals surface area contributed by atoms with Gasteiger partial charge in [-0.2, -0.15) is 0 Å². The Morgan fingerprint density at radius 3 is 2.58 bits per heavy atom. The first kappa shape index (κ1) is 21.2. The lowest BCUT2D eigenvalue weighted by Gasteiger charge is -2.34. The number of ether oxygens (including phenoxy) is 1. The van der Waals surface area contributed by atoms with Gasteiger partial charge in [-0.1, -0.05) is 29.5 Å². The van der Waals surface area contributed by atoms with Crippen molar-refractivity contribution in [3.8, 4) is 10.8 Å². The fourth-order valence-electron chi connectivity index (χ4n) is 4.07. The number of carboxylic acid groups (broad SMARTS) is 2. The number of carboxylic acids is 2. The van der Waals surface area contributed by atoms with Crippen molar-refractivity contribution in [2.45, 2.75) is 0 Å². The third-order valence-corrected chi connectivity index (χ3v) is 6.83. The number of thiophene rings is 1. The highest BCUT2D eigenvalue weighted by Gasteiger charge is 2.29. The van der Waals surface area contributed by atoms with E-state index < -0.39 is 11.9 Å². The summed E-state index contributed by atoms with van der Waals surface area (Å²) >= 11 is 1.46. The molecule has 2 N–H and O–H groups in total. The highest BCUT2D eigenvalue weighted by Crippen LogP contribution is 2.46. The standard InChI is InChI=1S/C24H21N3O5S/c1-26-8-10-27(11-9-26)22-21-16-12-14(15(23(30)31)13-20(28)29)6-7-19(16)33-24(21)32-18-5-3-2-4-17(18)25-22/h2-7,12-13H,8-11H2,1H3,(H,28,29)(H,30,31). The predicted molar refractivity (Wildman–Crippen MR) is 127 cm³/mol. The van der Waals surface area contributed by atoms with E-state index in [9.17, 15) is 14.7 Å². The Morgan fingerprint density at radius 1 is 1.09 bits per heavy atom. The summed E-state index contributed by atoms with van der Waals surface area (Å²) in [5.74, 6) is -1.16. The Kier molecular flexibility index (Phi) is 5.35. The summed E-state index contributed by atoms with van der Waals surface area (Å²) in [5, 5.41) is 20.2. The molecule has 1 aromatic heterocycles. The van der Waals surface area contributed by atoms with Gasteiger partial charge >= 0.3 is 11.9 Å². The predicted octanol–water partition coefficient (Wildman–Crippen LogP) is 3.89. The van der Waals surface area contributed by atoms with Crippen molar-refractivity contribution in [3.63, 3.8) is 0 Å². The molecule has 0 amide bonds. The lowest BCUT2D eigenvalue weighted by atomic mass is 10.0. The molecule has 1 fully saturated rings. The molecule has 9 heteroatoms. The molecule has 5 rings (SSSR count). The van der Waals surface area contributed by atoms with E-state index in [1.165, 1.54) is 11.3 Å². The van der Waals surface area contributed by atoms with Crippen LogP contribution in [0.5, 0.6) is 10.8 Å². The Balaban J connectivity index is 1.72. The first-order valence-corrected chi connectivity index (χ1v) is 11.3. The zero-order chi connectivity index (χ0) is 23.1. The number of nitrogens with zero attached hydrogens (tertiary/aromatic N) is 3. The molecule has 0 spiro atoms. The number of carbonyl (C=O) groups is 2. The van der Waals surface area contributed by atoms with Crippen LogP contribution >= 0.6 is 11.3 Å². The van der Waals surface area contributed by atoms with Gasteiger partial charge in [-0.05, 0) is 36.9 Å². The molecular formula is C24H21N3O5S. The highest BCUT2D eigenvalue weighted by molar-refractivity contribution is 7.21. The number of likely N-dealkylation sites (N-methyl/N-ethyl adjacent to an activating group) is 1. The summed E-state index contributed by atoms with van der Waals surface area (Å²) in [6, 6.07) is 12.8. The van der Waals surface area contributed by atoms with E-state index in [1.54, 1.807) is 18.2 Å². The molecule has 2 aromatic carbocycles. The minimum atomic E-state index is -1.31. The van der Waals surface area contributed by atoms with Crippen LogP contribution in [0.2, 0.25) is 0 Å². The van der Waals surface area contributed by atoms with Crippen LogP contribution < -0.4 is 4.74 Å². The third kappa shape index (κ3) is 3.96. The van der Waals surface area contributed by atoms with Crippen LogP contribution in [0.3, 0.4) is 0 Å². The average Bonchev–Trinajstić information content (AvgIpc) is 3.05. The first-order valence-electron chi connectivity index (χ1n) is 10.4. The average molecular weight is 464 g/mol. The van der Waals surface area contributed by atoms with Gasteiger partial charge in [-0.25, -0.2) is 14.6 Å². The van der Waals surface area contributed by atoms with Crippen molar-refractivity contribution in [3.05, 3.63) is 59.7 Å². The number of aliphatic imine (C=N–C) groups is 1. The van der Waals surface area contributed by atoms with Crippen LogP contribution in [0.15, 0.2) is 53.5 Å². The van der Waals surface area contributed by atoms with Crippen LogP contribution in [0, 0.1) is 0 Å². The highest BCUT2D eigenvalue weighted by atomic mass is 32.1. The zero-order valence-corrected chi connectivity index (χ0v) is 18.6. The largest absolute Gasteiger partial charge is 0.478 e. The molecule has 3 aromatic rings. The number of fused-ring (bicyclic) bond motifs is 4. The molecule has 0 bridgehead atoms. The van der Waals surface area contributed by atoms with Crippen molar-refractivity contribution >= 4 is 50.5 Å². The van der Waals surface area contributed by atoms with Gasteiger partial charge in [0.2, 0.25) is 0 Å². The smallest absolute Gasteiger partial charge is 0.336 e. The number of piperazine rings is 1. The molecular weight excluding hydrogens is 442 g/mol. The van der Waals surface area contributed by atoms with E-state index >= 15 is 0 Å². The van der Waals surface area contributed by atoms with Gasteiger partial charge in [0.15, 0.2) is 10.8 Å². The summed E-state index contributed by atoms with van der Waals surface area (Å²) < 4.78 is 7.19. The van der Waals surface area contributed by atoms with E-state index in [1.807, 2.05) is 24.3 Å². The molecule has 0 radical (unpaired) electrons. The summed E-state index contributed by atoms with van der Waals surface area (Å²) in [7, 11) is 2.09. The summed E-state index contributed by atoms with van der Waals surface area (Å²) in [4.78, 5) is 32.4. The number of para-hydroxylation sites is 2. The van der Waals surface area contributed by atoms with Crippen LogP contribution in [0.25, 0.3) is 15.7 Å². The molecule has 0 saturated carbocycles. The van der Waals surface area contributed by atoms with Gasteiger partial charge in [0.05, 0.1) is 11.1 Å². The lowest BCUT2D eigenvalue weighted by molar-refractivity contribution is -0.133. The van der Waals surface area contributed by atoms with Gasteiger partial charge in [0.25, 0.3) is 0 Å². The molecule has 33 heavy (non-hydrogen) atoms. The summed E-state index contributed by atoms with van der Waals surface area (Å²) in [5.41, 5.74) is 1.58. The van der Waals surface area contributed by atoms with Crippen molar-refractivity contribution in [2.75, 3.05) is 33.2 Å². The lowest BCUT2D eigenvalue weighted by Crippen LogP contribution is -2.47. The fourth-order valence-corrected chi connectivity index (χ4v) is 5.11. The van der Waals surface area contributed by atoms with Crippen LogP contribution in [-0.4, -0.2) is 71.0 Å². The van der Waals surface area contributed by atoms with Crippen LogP contribution in [0.4, 0.5) is 5.69 Å². The maximum atomic E-state index is 11.8. The second kappa shape index (κ2) is 8.34.